The highest BCUT2D eigenvalue weighted by atomic mass is 32.1. The van der Waals surface area contributed by atoms with E-state index < -0.39 is 11.6 Å². The number of aromatic nitrogens is 1. The normalized spacial score (nSPS) is 10.7. The fourth-order valence-corrected chi connectivity index (χ4v) is 3.46. The van der Waals surface area contributed by atoms with Crippen LogP contribution in [0.5, 0.6) is 5.75 Å². The summed E-state index contributed by atoms with van der Waals surface area (Å²) in [5.74, 6) is -1.27. The molecule has 0 saturated heterocycles. The van der Waals surface area contributed by atoms with E-state index in [-0.39, 0.29) is 24.3 Å². The lowest BCUT2D eigenvalue weighted by molar-refractivity contribution is 0.380. The lowest BCUT2D eigenvalue weighted by atomic mass is 10.1. The van der Waals surface area contributed by atoms with E-state index in [9.17, 15) is 8.78 Å². The zero-order chi connectivity index (χ0) is 17.8. The van der Waals surface area contributed by atoms with E-state index in [0.717, 1.165) is 10.2 Å². The van der Waals surface area contributed by atoms with Crippen molar-refractivity contribution in [2.24, 2.45) is 0 Å². The van der Waals surface area contributed by atoms with Crippen molar-refractivity contribution in [3.05, 3.63) is 53.6 Å². The van der Waals surface area contributed by atoms with E-state index in [2.05, 4.69) is 15.6 Å². The second kappa shape index (κ2) is 7.71. The Morgan fingerprint density at radius 2 is 2.04 bits per heavy atom. The molecule has 1 aromatic heterocycles. The number of thiocarbonyl (C=S) groups is 1. The van der Waals surface area contributed by atoms with Crippen molar-refractivity contribution in [3.63, 3.8) is 0 Å². The van der Waals surface area contributed by atoms with Gasteiger partial charge in [-0.15, -0.1) is 0 Å². The molecule has 0 radical (unpaired) electrons. The van der Waals surface area contributed by atoms with Gasteiger partial charge in [-0.05, 0) is 42.9 Å². The van der Waals surface area contributed by atoms with Crippen LogP contribution in [0.4, 0.5) is 13.9 Å². The molecule has 0 aliphatic heterocycles. The van der Waals surface area contributed by atoms with Crippen LogP contribution < -0.4 is 15.4 Å². The third kappa shape index (κ3) is 4.02. The maximum absolute atomic E-state index is 14.1. The molecule has 0 aliphatic carbocycles. The van der Waals surface area contributed by atoms with Crippen LogP contribution in [-0.2, 0) is 6.42 Å². The molecular weight excluding hydrogens is 364 g/mol. The van der Waals surface area contributed by atoms with E-state index >= 15 is 0 Å². The molecule has 4 nitrogen and oxygen atoms in total. The van der Waals surface area contributed by atoms with E-state index in [1.54, 1.807) is 0 Å². The molecule has 3 rings (SSSR count). The van der Waals surface area contributed by atoms with Crippen molar-refractivity contribution in [3.8, 4) is 5.75 Å². The van der Waals surface area contributed by atoms with Crippen LogP contribution in [-0.4, -0.2) is 23.8 Å². The smallest absolute Gasteiger partial charge is 0.190 e. The van der Waals surface area contributed by atoms with Crippen LogP contribution in [0.3, 0.4) is 0 Å². The number of halogens is 2. The molecule has 0 saturated carbocycles. The Labute approximate surface area is 152 Å². The summed E-state index contributed by atoms with van der Waals surface area (Å²) < 4.78 is 33.8. The van der Waals surface area contributed by atoms with Crippen molar-refractivity contribution >= 4 is 44.0 Å². The Hall–Kier alpha value is -2.32. The van der Waals surface area contributed by atoms with Gasteiger partial charge >= 0.3 is 0 Å². The van der Waals surface area contributed by atoms with Crippen molar-refractivity contribution in [2.75, 3.05) is 19.0 Å². The fraction of sp³-hybridized carbons (Fsp3) is 0.176. The predicted octanol–water partition coefficient (Wildman–Crippen LogP) is 4.11. The average Bonchev–Trinajstić information content (AvgIpc) is 3.00. The molecule has 130 valence electrons. The summed E-state index contributed by atoms with van der Waals surface area (Å²) in [6.45, 7) is 0.276. The lowest BCUT2D eigenvalue weighted by Crippen LogP contribution is -2.30. The first-order chi connectivity index (χ1) is 12.1. The SMILES string of the molecule is COc1ccc(F)c(CCNC(=S)Nc2nc3ccccc3s2)c1F. The molecule has 25 heavy (non-hydrogen) atoms. The minimum absolute atomic E-state index is 0.0200. The van der Waals surface area contributed by atoms with Crippen LogP contribution in [0.25, 0.3) is 10.2 Å². The summed E-state index contributed by atoms with van der Waals surface area (Å²) in [6.07, 6.45) is 0.135. The van der Waals surface area contributed by atoms with Crippen molar-refractivity contribution in [2.45, 2.75) is 6.42 Å². The Kier molecular flexibility index (Phi) is 5.40. The molecule has 0 aliphatic rings. The van der Waals surface area contributed by atoms with E-state index in [1.165, 1.54) is 30.6 Å². The number of para-hydroxylation sites is 1. The largest absolute Gasteiger partial charge is 0.494 e. The first kappa shape index (κ1) is 17.5. The Bertz CT molecular complexity index is 881. The number of rotatable bonds is 5. The minimum Gasteiger partial charge on any atom is -0.494 e. The number of nitrogens with zero attached hydrogens (tertiary/aromatic N) is 1. The zero-order valence-corrected chi connectivity index (χ0v) is 14.9. The maximum atomic E-state index is 14.1. The molecule has 0 spiro atoms. The van der Waals surface area contributed by atoms with Crippen LogP contribution >= 0.6 is 23.6 Å². The van der Waals surface area contributed by atoms with E-state index in [1.807, 2.05) is 24.3 Å². The highest BCUT2D eigenvalue weighted by molar-refractivity contribution is 7.80. The highest BCUT2D eigenvalue weighted by Crippen LogP contribution is 2.25. The number of thiazole rings is 1. The van der Waals surface area contributed by atoms with Crippen LogP contribution in [0.1, 0.15) is 5.56 Å². The molecule has 2 N–H and O–H groups in total. The molecular formula is C17H15F2N3OS2. The van der Waals surface area contributed by atoms with Gasteiger partial charge in [-0.3, -0.25) is 0 Å². The Morgan fingerprint density at radius 3 is 2.80 bits per heavy atom. The molecule has 8 heteroatoms. The first-order valence-electron chi connectivity index (χ1n) is 7.50. The van der Waals surface area contributed by atoms with Crippen LogP contribution in [0.2, 0.25) is 0 Å². The van der Waals surface area contributed by atoms with Crippen LogP contribution in [0.15, 0.2) is 36.4 Å². The second-order valence-corrected chi connectivity index (χ2v) is 6.60. The average molecular weight is 379 g/mol. The molecule has 0 amide bonds. The Morgan fingerprint density at radius 1 is 1.24 bits per heavy atom. The molecule has 1 heterocycles. The van der Waals surface area contributed by atoms with Gasteiger partial charge in [-0.2, -0.15) is 0 Å². The lowest BCUT2D eigenvalue weighted by Gasteiger charge is -2.11. The molecule has 3 aromatic rings. The van der Waals surface area contributed by atoms with Gasteiger partial charge in [0, 0.05) is 12.1 Å². The number of methoxy groups -OCH3 is 1. The summed E-state index contributed by atoms with van der Waals surface area (Å²) in [6, 6.07) is 10.2. The number of benzene rings is 2. The number of ether oxygens (including phenoxy) is 1. The summed E-state index contributed by atoms with van der Waals surface area (Å²) in [5.41, 5.74) is 0.855. The van der Waals surface area contributed by atoms with Gasteiger partial charge in [0.05, 0.1) is 17.3 Å². The van der Waals surface area contributed by atoms with E-state index in [0.29, 0.717) is 10.2 Å². The minimum atomic E-state index is -0.686. The van der Waals surface area contributed by atoms with Gasteiger partial charge < -0.3 is 15.4 Å². The van der Waals surface area contributed by atoms with Gasteiger partial charge in [-0.25, -0.2) is 13.8 Å². The zero-order valence-electron chi connectivity index (χ0n) is 13.3. The quantitative estimate of drug-likeness (QED) is 0.653. The molecule has 0 unspecified atom stereocenters. The second-order valence-electron chi connectivity index (χ2n) is 5.16. The molecule has 2 aromatic carbocycles. The maximum Gasteiger partial charge on any atom is 0.190 e. The monoisotopic (exact) mass is 379 g/mol. The van der Waals surface area contributed by atoms with Gasteiger partial charge in [0.15, 0.2) is 21.8 Å². The van der Waals surface area contributed by atoms with Gasteiger partial charge in [-0.1, -0.05) is 23.5 Å². The standard InChI is InChI=1S/C17H15F2N3OS2/c1-23-13-7-6-11(18)10(15(13)19)8-9-20-16(24)22-17-21-12-4-2-3-5-14(12)25-17/h2-7H,8-9H2,1H3,(H2,20,21,22,24). The molecule has 0 bridgehead atoms. The predicted molar refractivity (Wildman–Crippen MR) is 100 cm³/mol. The third-order valence-electron chi connectivity index (χ3n) is 3.55. The van der Waals surface area contributed by atoms with Gasteiger partial charge in [0.1, 0.15) is 5.82 Å². The summed E-state index contributed by atoms with van der Waals surface area (Å²) in [5, 5.41) is 6.93. The van der Waals surface area contributed by atoms with Gasteiger partial charge in [0.2, 0.25) is 0 Å². The van der Waals surface area contributed by atoms with Crippen molar-refractivity contribution in [1.29, 1.82) is 0 Å². The number of hydrogen-bond donors (Lipinski definition) is 2. The molecule has 0 atom stereocenters. The van der Waals surface area contributed by atoms with E-state index in [4.69, 9.17) is 17.0 Å². The number of nitrogens with one attached hydrogen (secondary N) is 2. The van der Waals surface area contributed by atoms with Crippen molar-refractivity contribution < 1.29 is 13.5 Å². The number of fused-ring (bicyclic) bond motifs is 1. The van der Waals surface area contributed by atoms with Crippen molar-refractivity contribution in [1.82, 2.24) is 10.3 Å². The fourth-order valence-electron chi connectivity index (χ4n) is 2.33. The Balaban J connectivity index is 1.58. The number of hydrogen-bond acceptors (Lipinski definition) is 4. The molecule has 0 fully saturated rings. The summed E-state index contributed by atoms with van der Waals surface area (Å²) in [4.78, 5) is 4.41. The van der Waals surface area contributed by atoms with Gasteiger partial charge in [0.25, 0.3) is 0 Å². The summed E-state index contributed by atoms with van der Waals surface area (Å²) >= 11 is 6.68. The first-order valence-corrected chi connectivity index (χ1v) is 8.72. The topological polar surface area (TPSA) is 46.2 Å². The highest BCUT2D eigenvalue weighted by Gasteiger charge is 2.14. The summed E-state index contributed by atoms with van der Waals surface area (Å²) in [7, 11) is 1.34. The third-order valence-corrected chi connectivity index (χ3v) is 4.74. The van der Waals surface area contributed by atoms with Crippen LogP contribution in [0, 0.1) is 11.6 Å². The number of anilines is 1.